The van der Waals surface area contributed by atoms with Crippen molar-refractivity contribution in [2.24, 2.45) is 0 Å². The van der Waals surface area contributed by atoms with Crippen molar-refractivity contribution in [2.75, 3.05) is 4.90 Å². The average Bonchev–Trinajstić information content (AvgIpc) is 3.71. The molecule has 0 fully saturated rings. The number of hydrogen-bond donors (Lipinski definition) is 0. The smallest absolute Gasteiger partial charge is 0.143 e. The van der Waals surface area contributed by atoms with Crippen molar-refractivity contribution in [3.63, 3.8) is 0 Å². The highest BCUT2D eigenvalue weighted by Crippen LogP contribution is 2.43. The monoisotopic (exact) mass is 767 g/mol. The van der Waals surface area contributed by atoms with Crippen LogP contribution in [0.5, 0.6) is 0 Å². The zero-order chi connectivity index (χ0) is 39.6. The Hall–Kier alpha value is -7.42. The van der Waals surface area contributed by atoms with Crippen LogP contribution in [-0.4, -0.2) is 0 Å². The summed E-state index contributed by atoms with van der Waals surface area (Å²) in [5.41, 5.74) is 14.1. The molecule has 2 aliphatic rings. The van der Waals surface area contributed by atoms with Crippen molar-refractivity contribution >= 4 is 59.9 Å². The largest absolute Gasteiger partial charge is 0.455 e. The molecule has 284 valence electrons. The number of furan rings is 1. The van der Waals surface area contributed by atoms with E-state index in [4.69, 9.17) is 4.42 Å². The first-order valence-electron chi connectivity index (χ1n) is 21.2. The summed E-state index contributed by atoms with van der Waals surface area (Å²) in [6.07, 6.45) is 16.9. The maximum absolute atomic E-state index is 6.42. The summed E-state index contributed by atoms with van der Waals surface area (Å²) in [6, 6.07) is 62.3. The van der Waals surface area contributed by atoms with Gasteiger partial charge in [-0.05, 0) is 121 Å². The first-order valence-corrected chi connectivity index (χ1v) is 21.2. The predicted molar refractivity (Wildman–Crippen MR) is 254 cm³/mol. The summed E-state index contributed by atoms with van der Waals surface area (Å²) in [5.74, 6) is 0.240. The van der Waals surface area contributed by atoms with E-state index in [1.165, 1.54) is 71.5 Å². The van der Waals surface area contributed by atoms with Crippen molar-refractivity contribution in [1.29, 1.82) is 0 Å². The molecule has 1 unspecified atom stereocenters. The molecule has 1 aromatic heterocycles. The van der Waals surface area contributed by atoms with Gasteiger partial charge >= 0.3 is 0 Å². The molecule has 9 aromatic carbocycles. The summed E-state index contributed by atoms with van der Waals surface area (Å²) < 4.78 is 6.42. The molecule has 2 heteroatoms. The van der Waals surface area contributed by atoms with E-state index in [2.05, 4.69) is 205 Å². The molecule has 0 amide bonds. The van der Waals surface area contributed by atoms with Crippen molar-refractivity contribution in [2.45, 2.75) is 25.2 Å². The molecule has 12 rings (SSSR count). The number of nitrogens with zero attached hydrogens (tertiary/aromatic N) is 1. The topological polar surface area (TPSA) is 16.4 Å². The molecule has 0 N–H and O–H groups in total. The van der Waals surface area contributed by atoms with Gasteiger partial charge in [0.25, 0.3) is 0 Å². The summed E-state index contributed by atoms with van der Waals surface area (Å²) in [5, 5.41) is 10.2. The van der Waals surface area contributed by atoms with Crippen LogP contribution in [0.25, 0.3) is 87.6 Å². The molecule has 0 saturated carbocycles. The van der Waals surface area contributed by atoms with Gasteiger partial charge in [0, 0.05) is 39.3 Å². The Morgan fingerprint density at radius 3 is 2.10 bits per heavy atom. The molecule has 1 atom stereocenters. The Balaban J connectivity index is 0.911. The Bertz CT molecular complexity index is 3380. The molecular formula is C58H41NO. The third-order valence-electron chi connectivity index (χ3n) is 12.8. The SMILES string of the molecule is C1=CCCC(N(C2=CCC(c3cc(-c4ccccc4)cc(-c4ccc5ccc6cccc7ccc4c5c67)c3)C=C2)c2ccc(-c3cccc4c3oc3ccccc34)cc2)=C1. The molecule has 0 radical (unpaired) electrons. The van der Waals surface area contributed by atoms with Gasteiger partial charge in [0.15, 0.2) is 0 Å². The minimum Gasteiger partial charge on any atom is -0.455 e. The third-order valence-corrected chi connectivity index (χ3v) is 12.8. The number of benzene rings is 9. The van der Waals surface area contributed by atoms with Gasteiger partial charge in [-0.15, -0.1) is 0 Å². The fraction of sp³-hybridized carbons (Fsp3) is 0.0690. The molecule has 0 aliphatic heterocycles. The van der Waals surface area contributed by atoms with Gasteiger partial charge in [0.2, 0.25) is 0 Å². The summed E-state index contributed by atoms with van der Waals surface area (Å²) in [6.45, 7) is 0. The maximum Gasteiger partial charge on any atom is 0.143 e. The first-order chi connectivity index (χ1) is 29.7. The normalized spacial score (nSPS) is 15.4. The van der Waals surface area contributed by atoms with Crippen LogP contribution in [0.15, 0.2) is 222 Å². The Labute approximate surface area is 349 Å². The second-order valence-corrected chi connectivity index (χ2v) is 16.3. The quantitative estimate of drug-likeness (QED) is 0.150. The van der Waals surface area contributed by atoms with Crippen LogP contribution >= 0.6 is 0 Å². The van der Waals surface area contributed by atoms with E-state index >= 15 is 0 Å². The van der Waals surface area contributed by atoms with E-state index in [9.17, 15) is 0 Å². The van der Waals surface area contributed by atoms with Crippen LogP contribution in [0.4, 0.5) is 5.69 Å². The van der Waals surface area contributed by atoms with Gasteiger partial charge in [-0.1, -0.05) is 170 Å². The Kier molecular flexibility index (Phi) is 8.16. The zero-order valence-electron chi connectivity index (χ0n) is 33.2. The van der Waals surface area contributed by atoms with E-state index in [0.29, 0.717) is 0 Å². The first kappa shape index (κ1) is 34.6. The van der Waals surface area contributed by atoms with Crippen molar-refractivity contribution in [3.05, 3.63) is 223 Å². The van der Waals surface area contributed by atoms with Crippen LogP contribution in [0, 0.1) is 0 Å². The molecular weight excluding hydrogens is 727 g/mol. The minimum atomic E-state index is 0.240. The molecule has 2 nitrogen and oxygen atoms in total. The van der Waals surface area contributed by atoms with Gasteiger partial charge in [-0.25, -0.2) is 0 Å². The highest BCUT2D eigenvalue weighted by Gasteiger charge is 2.22. The Morgan fingerprint density at radius 2 is 1.28 bits per heavy atom. The van der Waals surface area contributed by atoms with E-state index in [-0.39, 0.29) is 5.92 Å². The van der Waals surface area contributed by atoms with Crippen LogP contribution in [0.2, 0.25) is 0 Å². The lowest BCUT2D eigenvalue weighted by Gasteiger charge is -2.32. The number of hydrogen-bond acceptors (Lipinski definition) is 2. The third kappa shape index (κ3) is 5.79. The summed E-state index contributed by atoms with van der Waals surface area (Å²) >= 11 is 0. The number of para-hydroxylation sites is 2. The highest BCUT2D eigenvalue weighted by molar-refractivity contribution is 6.25. The second kappa shape index (κ2) is 14.1. The number of rotatable bonds is 7. The number of allylic oxidation sites excluding steroid dienone is 7. The molecule has 0 saturated heterocycles. The lowest BCUT2D eigenvalue weighted by atomic mass is 9.85. The number of fused-ring (bicyclic) bond motifs is 3. The lowest BCUT2D eigenvalue weighted by molar-refractivity contribution is 0.670. The lowest BCUT2D eigenvalue weighted by Crippen LogP contribution is -2.23. The van der Waals surface area contributed by atoms with Crippen molar-refractivity contribution in [1.82, 2.24) is 0 Å². The molecule has 2 aliphatic carbocycles. The van der Waals surface area contributed by atoms with E-state index in [1.54, 1.807) is 0 Å². The average molecular weight is 768 g/mol. The molecule has 1 heterocycles. The summed E-state index contributed by atoms with van der Waals surface area (Å²) in [7, 11) is 0. The number of anilines is 1. The minimum absolute atomic E-state index is 0.240. The van der Waals surface area contributed by atoms with Gasteiger partial charge in [-0.3, -0.25) is 0 Å². The van der Waals surface area contributed by atoms with E-state index in [0.717, 1.165) is 58.0 Å². The molecule has 60 heavy (non-hydrogen) atoms. The molecule has 0 bridgehead atoms. The van der Waals surface area contributed by atoms with Crippen LogP contribution in [-0.2, 0) is 0 Å². The highest BCUT2D eigenvalue weighted by atomic mass is 16.3. The standard InChI is InChI=1S/C58H41NO/c1-3-11-38(12-4-1)44-35-45(37-46(36-44)50-33-27-43-22-21-41-13-9-14-42-28-34-53(50)57(43)56(41)42)39-23-29-48(30-24-39)59(47-15-5-2-6-16-47)49-31-25-40(26-32-49)51-18-10-19-54-52-17-7-8-20-55(52)60-58(51)54/h1-5,7-15,17-23,25-37,39H,6,16,24H2. The zero-order valence-corrected chi connectivity index (χ0v) is 33.2. The van der Waals surface area contributed by atoms with Crippen LogP contribution < -0.4 is 4.90 Å². The summed E-state index contributed by atoms with van der Waals surface area (Å²) in [4.78, 5) is 2.46. The second-order valence-electron chi connectivity index (χ2n) is 16.3. The van der Waals surface area contributed by atoms with Gasteiger partial charge in [-0.2, -0.15) is 0 Å². The van der Waals surface area contributed by atoms with Crippen LogP contribution in [0.1, 0.15) is 30.7 Å². The van der Waals surface area contributed by atoms with Crippen molar-refractivity contribution in [3.8, 4) is 33.4 Å². The fourth-order valence-corrected chi connectivity index (χ4v) is 9.85. The Morgan fingerprint density at radius 1 is 0.533 bits per heavy atom. The molecule has 0 spiro atoms. The van der Waals surface area contributed by atoms with Gasteiger partial charge in [0.1, 0.15) is 11.2 Å². The maximum atomic E-state index is 6.42. The van der Waals surface area contributed by atoms with Crippen molar-refractivity contribution < 1.29 is 4.42 Å². The van der Waals surface area contributed by atoms with Gasteiger partial charge in [0.05, 0.1) is 0 Å². The van der Waals surface area contributed by atoms with Crippen LogP contribution in [0.3, 0.4) is 0 Å². The molecule has 10 aromatic rings. The van der Waals surface area contributed by atoms with E-state index < -0.39 is 0 Å². The van der Waals surface area contributed by atoms with Gasteiger partial charge < -0.3 is 9.32 Å². The fourth-order valence-electron chi connectivity index (χ4n) is 9.85. The van der Waals surface area contributed by atoms with E-state index in [1.807, 2.05) is 6.07 Å². The predicted octanol–water partition coefficient (Wildman–Crippen LogP) is 16.2.